The largest absolute Gasteiger partial charge is 0.478 e. The van der Waals surface area contributed by atoms with Crippen molar-refractivity contribution in [3.63, 3.8) is 0 Å². The van der Waals surface area contributed by atoms with Gasteiger partial charge in [0.2, 0.25) is 0 Å². The van der Waals surface area contributed by atoms with Crippen LogP contribution in [0.3, 0.4) is 0 Å². The van der Waals surface area contributed by atoms with Crippen molar-refractivity contribution in [2.75, 3.05) is 13.1 Å². The summed E-state index contributed by atoms with van der Waals surface area (Å²) in [6, 6.07) is 1.79. The summed E-state index contributed by atoms with van der Waals surface area (Å²) < 4.78 is 7.32. The molecule has 9 heteroatoms. The molecule has 1 aliphatic carbocycles. The zero-order valence-electron chi connectivity index (χ0n) is 18.2. The smallest absolute Gasteiger partial charge is 0.410 e. The summed E-state index contributed by atoms with van der Waals surface area (Å²) in [5.74, 6) is -0.970. The van der Waals surface area contributed by atoms with Crippen LogP contribution in [0.15, 0.2) is 12.3 Å². The second kappa shape index (κ2) is 7.24. The van der Waals surface area contributed by atoms with Crippen molar-refractivity contribution < 1.29 is 19.4 Å². The number of nitrogens with two attached hydrogens (primary N) is 1. The van der Waals surface area contributed by atoms with E-state index in [-0.39, 0.29) is 0 Å². The Morgan fingerprint density at radius 1 is 1.32 bits per heavy atom. The molecule has 3 heterocycles. The van der Waals surface area contributed by atoms with Crippen LogP contribution >= 0.6 is 11.6 Å². The number of pyridine rings is 1. The third-order valence-electron chi connectivity index (χ3n) is 5.87. The number of amides is 1. The van der Waals surface area contributed by atoms with Gasteiger partial charge in [0.25, 0.3) is 0 Å². The highest BCUT2D eigenvalue weighted by atomic mass is 35.5. The van der Waals surface area contributed by atoms with Crippen LogP contribution in [0.2, 0.25) is 5.15 Å². The predicted octanol–water partition coefficient (Wildman–Crippen LogP) is 3.03. The SMILES string of the molecule is Cn1c(CC2(N)CN(C(=O)OC(C)(C)C)C2)c(C(=O)O)c2c1-c1cc(Cl)ncc1CC2. The molecule has 0 atom stereocenters. The zero-order valence-corrected chi connectivity index (χ0v) is 18.9. The molecule has 1 amide bonds. The summed E-state index contributed by atoms with van der Waals surface area (Å²) >= 11 is 6.13. The van der Waals surface area contributed by atoms with Crippen molar-refractivity contribution in [2.24, 2.45) is 12.8 Å². The number of rotatable bonds is 3. The topological polar surface area (TPSA) is 111 Å². The Bertz CT molecular complexity index is 1080. The second-order valence-electron chi connectivity index (χ2n) is 9.55. The predicted molar refractivity (Wildman–Crippen MR) is 116 cm³/mol. The number of carboxylic acid groups (broad SMARTS) is 1. The number of carbonyl (C=O) groups excluding carboxylic acids is 1. The standard InChI is InChI=1S/C22H27ClN4O4/c1-21(2,3)31-20(30)27-10-22(24,11-27)8-15-17(19(28)29)13-6-5-12-9-25-16(23)7-14(12)18(13)26(15)4/h7,9H,5-6,8,10-11,24H2,1-4H3,(H,28,29). The number of nitrogens with zero attached hydrogens (tertiary/aromatic N) is 3. The van der Waals surface area contributed by atoms with Crippen molar-refractivity contribution >= 4 is 23.7 Å². The van der Waals surface area contributed by atoms with Crippen LogP contribution in [-0.2, 0) is 31.0 Å². The molecular weight excluding hydrogens is 420 g/mol. The molecule has 31 heavy (non-hydrogen) atoms. The van der Waals surface area contributed by atoms with E-state index in [1.54, 1.807) is 17.2 Å². The Kier molecular flexibility index (Phi) is 5.05. The van der Waals surface area contributed by atoms with Crippen LogP contribution in [0.5, 0.6) is 0 Å². The lowest BCUT2D eigenvalue weighted by atomic mass is 9.84. The van der Waals surface area contributed by atoms with E-state index in [1.807, 2.05) is 32.4 Å². The molecule has 2 aliphatic rings. The number of ether oxygens (including phenoxy) is 1. The number of halogens is 1. The monoisotopic (exact) mass is 446 g/mol. The molecule has 0 aromatic carbocycles. The number of aryl methyl sites for hydroxylation is 1. The van der Waals surface area contributed by atoms with E-state index >= 15 is 0 Å². The van der Waals surface area contributed by atoms with Gasteiger partial charge in [-0.2, -0.15) is 0 Å². The van der Waals surface area contributed by atoms with Gasteiger partial charge in [-0.25, -0.2) is 14.6 Å². The molecule has 166 valence electrons. The van der Waals surface area contributed by atoms with Crippen LogP contribution in [0.4, 0.5) is 4.79 Å². The average Bonchev–Trinajstić information content (AvgIpc) is 2.90. The van der Waals surface area contributed by atoms with E-state index in [4.69, 9.17) is 22.1 Å². The minimum Gasteiger partial charge on any atom is -0.478 e. The zero-order chi connectivity index (χ0) is 22.7. The van der Waals surface area contributed by atoms with Crippen LogP contribution in [0, 0.1) is 0 Å². The fourth-order valence-electron chi connectivity index (χ4n) is 4.60. The molecule has 1 saturated heterocycles. The molecule has 3 N–H and O–H groups in total. The van der Waals surface area contributed by atoms with Crippen LogP contribution in [0.1, 0.15) is 48.0 Å². The first-order chi connectivity index (χ1) is 14.4. The molecule has 1 fully saturated rings. The van der Waals surface area contributed by atoms with Crippen LogP contribution in [-0.4, -0.2) is 55.8 Å². The Balaban J connectivity index is 1.65. The van der Waals surface area contributed by atoms with Gasteiger partial charge >= 0.3 is 12.1 Å². The van der Waals surface area contributed by atoms with Gasteiger partial charge in [0.15, 0.2) is 0 Å². The molecule has 4 rings (SSSR count). The molecule has 0 radical (unpaired) electrons. The number of hydrogen-bond acceptors (Lipinski definition) is 5. The van der Waals surface area contributed by atoms with Gasteiger partial charge in [0.1, 0.15) is 10.8 Å². The minimum absolute atomic E-state index is 0.302. The molecule has 0 saturated carbocycles. The maximum Gasteiger partial charge on any atom is 0.410 e. The number of carboxylic acids is 1. The first kappa shape index (κ1) is 21.6. The number of hydrogen-bond donors (Lipinski definition) is 2. The van der Waals surface area contributed by atoms with E-state index < -0.39 is 23.2 Å². The summed E-state index contributed by atoms with van der Waals surface area (Å²) in [6.07, 6.45) is 3.00. The number of aromatic carboxylic acids is 1. The van der Waals surface area contributed by atoms with Crippen molar-refractivity contribution in [3.8, 4) is 11.3 Å². The molecule has 0 bridgehead atoms. The Hall–Kier alpha value is -2.58. The third-order valence-corrected chi connectivity index (χ3v) is 6.07. The summed E-state index contributed by atoms with van der Waals surface area (Å²) in [5, 5.41) is 10.4. The van der Waals surface area contributed by atoms with Gasteiger partial charge in [0.05, 0.1) is 16.8 Å². The van der Waals surface area contributed by atoms with Gasteiger partial charge in [0, 0.05) is 44.0 Å². The molecule has 2 aromatic heterocycles. The lowest BCUT2D eigenvalue weighted by Crippen LogP contribution is -2.70. The Morgan fingerprint density at radius 3 is 2.61 bits per heavy atom. The van der Waals surface area contributed by atoms with E-state index in [0.717, 1.165) is 22.4 Å². The molecule has 8 nitrogen and oxygen atoms in total. The van der Waals surface area contributed by atoms with Gasteiger partial charge in [-0.05, 0) is 50.8 Å². The van der Waals surface area contributed by atoms with E-state index in [0.29, 0.717) is 48.8 Å². The van der Waals surface area contributed by atoms with Gasteiger partial charge < -0.3 is 25.0 Å². The quantitative estimate of drug-likeness (QED) is 0.701. The van der Waals surface area contributed by atoms with Crippen LogP contribution < -0.4 is 5.73 Å². The number of fused-ring (bicyclic) bond motifs is 3. The fraction of sp³-hybridized carbons (Fsp3) is 0.500. The van der Waals surface area contributed by atoms with E-state index in [2.05, 4.69) is 4.98 Å². The Labute approximate surface area is 185 Å². The van der Waals surface area contributed by atoms with E-state index in [9.17, 15) is 14.7 Å². The number of aromatic nitrogens is 2. The van der Waals surface area contributed by atoms with Crippen molar-refractivity contribution in [1.29, 1.82) is 0 Å². The molecule has 0 unspecified atom stereocenters. The molecule has 2 aromatic rings. The summed E-state index contributed by atoms with van der Waals surface area (Å²) in [7, 11) is 1.86. The third kappa shape index (κ3) is 3.90. The number of likely N-dealkylation sites (tertiary alicyclic amines) is 1. The van der Waals surface area contributed by atoms with Gasteiger partial charge in [-0.15, -0.1) is 0 Å². The lowest BCUT2D eigenvalue weighted by molar-refractivity contribution is -0.00824. The van der Waals surface area contributed by atoms with Crippen molar-refractivity contribution in [3.05, 3.63) is 39.8 Å². The van der Waals surface area contributed by atoms with Crippen LogP contribution in [0.25, 0.3) is 11.3 Å². The Morgan fingerprint density at radius 2 is 2.00 bits per heavy atom. The van der Waals surface area contributed by atoms with Crippen molar-refractivity contribution in [1.82, 2.24) is 14.5 Å². The highest BCUT2D eigenvalue weighted by molar-refractivity contribution is 6.29. The summed E-state index contributed by atoms with van der Waals surface area (Å²) in [6.45, 7) is 6.06. The normalized spacial score (nSPS) is 16.9. The second-order valence-corrected chi connectivity index (χ2v) is 9.94. The number of carbonyl (C=O) groups is 2. The summed E-state index contributed by atoms with van der Waals surface area (Å²) in [4.78, 5) is 30.2. The van der Waals surface area contributed by atoms with E-state index in [1.165, 1.54) is 0 Å². The summed E-state index contributed by atoms with van der Waals surface area (Å²) in [5.41, 5.74) is 9.82. The molecular formula is C22H27ClN4O4. The lowest BCUT2D eigenvalue weighted by Gasteiger charge is -2.47. The minimum atomic E-state index is -0.970. The molecule has 0 spiro atoms. The van der Waals surface area contributed by atoms with Gasteiger partial charge in [-0.3, -0.25) is 0 Å². The highest BCUT2D eigenvalue weighted by Crippen LogP contribution is 2.40. The van der Waals surface area contributed by atoms with Gasteiger partial charge in [-0.1, -0.05) is 11.6 Å². The molecule has 1 aliphatic heterocycles. The fourth-order valence-corrected chi connectivity index (χ4v) is 4.75. The maximum atomic E-state index is 12.3. The highest BCUT2D eigenvalue weighted by Gasteiger charge is 2.45. The average molecular weight is 447 g/mol. The first-order valence-electron chi connectivity index (χ1n) is 10.2. The maximum absolute atomic E-state index is 12.3. The van der Waals surface area contributed by atoms with Crippen molar-refractivity contribution in [2.45, 2.75) is 51.2 Å². The first-order valence-corrected chi connectivity index (χ1v) is 10.6.